The number of likely N-dealkylation sites (N-methyl/N-ethyl adjacent to an activating group) is 1. The van der Waals surface area contributed by atoms with E-state index in [0.29, 0.717) is 56.3 Å². The first-order chi connectivity index (χ1) is 43.5. The van der Waals surface area contributed by atoms with Gasteiger partial charge in [-0.05, 0) is 100 Å². The van der Waals surface area contributed by atoms with Crippen molar-refractivity contribution in [2.45, 2.75) is 208 Å². The average molecular weight is 1280 g/mol. The number of ether oxygens (including phenoxy) is 3. The highest BCUT2D eigenvalue weighted by Crippen LogP contribution is 2.32. The second-order valence-corrected chi connectivity index (χ2v) is 26.1. The summed E-state index contributed by atoms with van der Waals surface area (Å²) < 4.78 is 17.7. The molecule has 1 saturated heterocycles. The number of imide groups is 1. The van der Waals surface area contributed by atoms with Gasteiger partial charge in [0.15, 0.2) is 11.6 Å². The third-order valence-electron chi connectivity index (χ3n) is 18.3. The predicted molar refractivity (Wildman–Crippen MR) is 350 cm³/mol. The van der Waals surface area contributed by atoms with Crippen LogP contribution in [-0.4, -0.2) is 163 Å². The van der Waals surface area contributed by atoms with Crippen LogP contribution in [0.4, 0.5) is 15.3 Å². The van der Waals surface area contributed by atoms with Crippen LogP contribution in [0.3, 0.4) is 0 Å². The topological polar surface area (TPSA) is 311 Å². The fraction of sp³-hybridized carbons (Fsp3) is 0.638. The summed E-state index contributed by atoms with van der Waals surface area (Å²) in [7, 11) is 4.77. The molecule has 92 heavy (non-hydrogen) atoms. The minimum Gasteiger partial charge on any atom is -0.445 e. The van der Waals surface area contributed by atoms with Crippen LogP contribution in [0.15, 0.2) is 66.7 Å². The number of benzene rings is 2. The number of primary amides is 1. The van der Waals surface area contributed by atoms with Crippen molar-refractivity contribution >= 4 is 70.7 Å². The molecule has 0 spiro atoms. The van der Waals surface area contributed by atoms with Crippen LogP contribution in [-0.2, 0) is 64.0 Å². The highest BCUT2D eigenvalue weighted by Gasteiger charge is 2.44. The Kier molecular flexibility index (Phi) is 31.1. The first-order valence-corrected chi connectivity index (χ1v) is 32.7. The zero-order chi connectivity index (χ0) is 68.6. The Hall–Kier alpha value is -7.53. The Labute approximate surface area is 544 Å². The molecule has 0 saturated carbocycles. The molecule has 23 nitrogen and oxygen atoms in total. The zero-order valence-corrected chi connectivity index (χ0v) is 56.8. The highest BCUT2D eigenvalue weighted by atomic mass is 16.5. The Balaban J connectivity index is 1.34. The summed E-state index contributed by atoms with van der Waals surface area (Å²) in [6.07, 6.45) is 4.04. The number of nitrogens with two attached hydrogens (primary N) is 1. The summed E-state index contributed by atoms with van der Waals surface area (Å²) in [5.74, 6) is -5.85. The number of rotatable bonds is 39. The van der Waals surface area contributed by atoms with E-state index in [-0.39, 0.29) is 129 Å². The lowest BCUT2D eigenvalue weighted by Gasteiger charge is -2.41. The van der Waals surface area contributed by atoms with Crippen LogP contribution in [0.5, 0.6) is 0 Å². The van der Waals surface area contributed by atoms with E-state index in [1.807, 2.05) is 71.9 Å². The summed E-state index contributed by atoms with van der Waals surface area (Å²) >= 11 is 0. The maximum atomic E-state index is 14.7. The molecule has 2 aliphatic rings. The van der Waals surface area contributed by atoms with Gasteiger partial charge in [0.25, 0.3) is 11.8 Å². The quantitative estimate of drug-likeness (QED) is 0.0276. The maximum absolute atomic E-state index is 14.7. The SMILES string of the molecule is CC[C@H](C)[C@@H]([C@@H](CC(=O)N1CCC[C@H]1[C@H](OC)[C@@H](C)C(=O)N[C@H](C)[C@@H](C)c1ccccc1)OC)N(C)C(=O)[C@@H](CC(=O)C(C)(C)NC(=O)OCc1ccc(NC(=O)[C@H](CCCNC(N)=O)CC(=O)[C@@H](NC(=O)CCCCCN2C(=O)C=CC2=O)C(C)C)cc1)C(C)C. The van der Waals surface area contributed by atoms with Crippen LogP contribution in [0, 0.1) is 35.5 Å². The minimum absolute atomic E-state index is 0.0399. The van der Waals surface area contributed by atoms with Gasteiger partial charge in [-0.3, -0.25) is 48.1 Å². The van der Waals surface area contributed by atoms with Gasteiger partial charge >= 0.3 is 12.1 Å². The molecule has 0 unspecified atom stereocenters. The second kappa shape index (κ2) is 37.2. The van der Waals surface area contributed by atoms with Crippen LogP contribution in [0.1, 0.15) is 170 Å². The third-order valence-corrected chi connectivity index (χ3v) is 18.3. The molecular weight excluding hydrogens is 1180 g/mol. The molecule has 1 fully saturated rings. The van der Waals surface area contributed by atoms with Crippen molar-refractivity contribution in [2.75, 3.05) is 46.2 Å². The molecule has 4 rings (SSSR count). The summed E-state index contributed by atoms with van der Waals surface area (Å²) in [4.78, 5) is 151. The van der Waals surface area contributed by atoms with Gasteiger partial charge in [-0.15, -0.1) is 0 Å². The van der Waals surface area contributed by atoms with E-state index in [9.17, 15) is 52.7 Å². The number of unbranched alkanes of at least 4 members (excludes halogenated alkanes) is 2. The van der Waals surface area contributed by atoms with Crippen molar-refractivity contribution in [3.63, 3.8) is 0 Å². The summed E-state index contributed by atoms with van der Waals surface area (Å²) in [5, 5.41) is 14.0. The molecule has 2 aliphatic heterocycles. The number of likely N-dealkylation sites (tertiary alicyclic amines) is 1. The first-order valence-electron chi connectivity index (χ1n) is 32.7. The molecule has 0 aromatic heterocycles. The van der Waals surface area contributed by atoms with Gasteiger partial charge in [0.2, 0.25) is 29.5 Å². The Bertz CT molecular complexity index is 2830. The molecule has 2 heterocycles. The summed E-state index contributed by atoms with van der Waals surface area (Å²) in [6, 6.07) is 13.8. The fourth-order valence-corrected chi connectivity index (χ4v) is 12.1. The number of carbonyl (C=O) groups is 11. The van der Waals surface area contributed by atoms with Gasteiger partial charge in [-0.1, -0.05) is 111 Å². The molecule has 0 aliphatic carbocycles. The third kappa shape index (κ3) is 22.9. The number of carbonyl (C=O) groups excluding carboxylic acids is 11. The van der Waals surface area contributed by atoms with E-state index in [4.69, 9.17) is 19.9 Å². The van der Waals surface area contributed by atoms with Gasteiger partial charge < -0.3 is 56.3 Å². The van der Waals surface area contributed by atoms with E-state index in [2.05, 4.69) is 33.5 Å². The molecule has 2 aromatic rings. The largest absolute Gasteiger partial charge is 0.445 e. The van der Waals surface area contributed by atoms with Gasteiger partial charge in [0, 0.05) is 102 Å². The molecule has 2 aromatic carbocycles. The lowest BCUT2D eigenvalue weighted by molar-refractivity contribution is -0.149. The molecule has 7 N–H and O–H groups in total. The number of Topliss-reactive ketones (excluding diaryl/α,β-unsaturated/α-hetero) is 2. The van der Waals surface area contributed by atoms with Crippen molar-refractivity contribution in [1.82, 2.24) is 36.0 Å². The van der Waals surface area contributed by atoms with Gasteiger partial charge in [0.1, 0.15) is 6.61 Å². The number of hydrogen-bond donors (Lipinski definition) is 6. The number of nitrogens with one attached hydrogen (secondary N) is 5. The Morgan fingerprint density at radius 3 is 2.01 bits per heavy atom. The predicted octanol–water partition coefficient (Wildman–Crippen LogP) is 7.74. The van der Waals surface area contributed by atoms with Crippen LogP contribution in [0.2, 0.25) is 0 Å². The fourth-order valence-electron chi connectivity index (χ4n) is 12.1. The van der Waals surface area contributed by atoms with Crippen molar-refractivity contribution in [2.24, 2.45) is 41.2 Å². The molecular formula is C69H105N9O14. The Morgan fingerprint density at radius 1 is 0.772 bits per heavy atom. The van der Waals surface area contributed by atoms with Gasteiger partial charge in [-0.25, -0.2) is 9.59 Å². The van der Waals surface area contributed by atoms with E-state index in [0.717, 1.165) is 16.9 Å². The number of hydrogen-bond acceptors (Lipinski definition) is 14. The zero-order valence-electron chi connectivity index (χ0n) is 56.8. The van der Waals surface area contributed by atoms with E-state index in [1.54, 1.807) is 62.1 Å². The first kappa shape index (κ1) is 76.9. The molecule has 0 bridgehead atoms. The monoisotopic (exact) mass is 1280 g/mol. The number of methoxy groups -OCH3 is 2. The number of anilines is 1. The number of amides is 10. The van der Waals surface area contributed by atoms with Crippen LogP contribution in [0.25, 0.3) is 0 Å². The van der Waals surface area contributed by atoms with Gasteiger partial charge in [-0.2, -0.15) is 0 Å². The average Bonchev–Trinajstić information content (AvgIpc) is 1.31. The lowest BCUT2D eigenvalue weighted by atomic mass is 9.83. The van der Waals surface area contributed by atoms with E-state index in [1.165, 1.54) is 33.1 Å². The molecule has 0 radical (unpaired) electrons. The second-order valence-electron chi connectivity index (χ2n) is 26.1. The number of alkyl carbamates (subject to hydrolysis) is 1. The molecule has 11 atom stereocenters. The summed E-state index contributed by atoms with van der Waals surface area (Å²) in [6.45, 7) is 20.9. The Morgan fingerprint density at radius 2 is 1.42 bits per heavy atom. The van der Waals surface area contributed by atoms with E-state index >= 15 is 0 Å². The number of urea groups is 1. The molecule has 23 heteroatoms. The normalized spacial score (nSPS) is 17.4. The van der Waals surface area contributed by atoms with Crippen molar-refractivity contribution in [3.05, 3.63) is 77.9 Å². The van der Waals surface area contributed by atoms with Crippen molar-refractivity contribution in [1.29, 1.82) is 0 Å². The smallest absolute Gasteiger partial charge is 0.408 e. The summed E-state index contributed by atoms with van der Waals surface area (Å²) in [5.41, 5.74) is 5.83. The number of ketones is 2. The van der Waals surface area contributed by atoms with E-state index < -0.39 is 71.4 Å². The van der Waals surface area contributed by atoms with Gasteiger partial charge in [0.05, 0.1) is 48.2 Å². The molecule has 10 amide bonds. The van der Waals surface area contributed by atoms with Crippen LogP contribution < -0.4 is 32.3 Å². The van der Waals surface area contributed by atoms with Crippen LogP contribution >= 0.6 is 0 Å². The van der Waals surface area contributed by atoms with Crippen molar-refractivity contribution < 1.29 is 67.0 Å². The number of nitrogens with zero attached hydrogens (tertiary/aromatic N) is 3. The lowest BCUT2D eigenvalue weighted by Crippen LogP contribution is -2.55. The van der Waals surface area contributed by atoms with Crippen molar-refractivity contribution in [3.8, 4) is 0 Å². The standard InChI is InChI=1S/C69H105N9O14/c1-15-44(6)62(55(90-13)40-60(84)77-37-23-27-53(77)63(91-14)46(8)64(85)72-47(9)45(7)49-24-18-16-19-25-49)76(12)66(87)52(42(2)3)39-56(80)69(10,11)75-68(89)92-41-48-29-31-51(32-30-48)73-65(86)50(26-22-35-71-67(70)88)38-54(79)61(43(4)5)74-57(81)28-20-17-21-36-78-58(82)33-34-59(78)83/h16,18-19,24-25,29-34,42-47,50,52-53,55,61-63H,15,17,20-23,26-28,35-41H2,1-14H3,(H,72,85)(H,73,86)(H,74,81)(H,75,89)(H3,70,71,88)/t44-,45+,46+,47+,50+,52-,53-,55+,61-,62-,63+/m0/s1. The molecule has 510 valence electrons. The maximum Gasteiger partial charge on any atom is 0.408 e. The minimum atomic E-state index is -1.47. The highest BCUT2D eigenvalue weighted by molar-refractivity contribution is 6.12.